The van der Waals surface area contributed by atoms with Crippen LogP contribution < -0.4 is 10.4 Å². The third-order valence-electron chi connectivity index (χ3n) is 6.19. The highest BCUT2D eigenvalue weighted by molar-refractivity contribution is 6.99. The first-order chi connectivity index (χ1) is 14.6. The second kappa shape index (κ2) is 10.4. The highest BCUT2D eigenvalue weighted by Crippen LogP contribution is 2.37. The first kappa shape index (κ1) is 25.1. The first-order valence-electron chi connectivity index (χ1n) is 11.2. The van der Waals surface area contributed by atoms with Gasteiger partial charge in [0.05, 0.1) is 18.6 Å². The van der Waals surface area contributed by atoms with E-state index in [1.807, 2.05) is 52.0 Å². The molecule has 2 aromatic carbocycles. The van der Waals surface area contributed by atoms with E-state index in [-0.39, 0.29) is 16.9 Å². The van der Waals surface area contributed by atoms with E-state index >= 15 is 0 Å². The Balaban J connectivity index is 2.44. The van der Waals surface area contributed by atoms with Gasteiger partial charge in [-0.2, -0.15) is 0 Å². The summed E-state index contributed by atoms with van der Waals surface area (Å²) in [5, 5.41) is 2.42. The molecule has 0 aromatic heterocycles. The molecule has 0 aliphatic rings. The summed E-state index contributed by atoms with van der Waals surface area (Å²) in [6.07, 6.45) is 3.96. The molecule has 4 heteroatoms. The molecule has 3 nitrogen and oxygen atoms in total. The number of carbonyl (C=O) groups excluding carboxylic acids is 1. The maximum atomic E-state index is 12.6. The molecule has 0 saturated heterocycles. The Morgan fingerprint density at radius 1 is 0.935 bits per heavy atom. The van der Waals surface area contributed by atoms with Crippen LogP contribution in [0.25, 0.3) is 0 Å². The zero-order valence-electron chi connectivity index (χ0n) is 20.1. The van der Waals surface area contributed by atoms with Gasteiger partial charge in [0.15, 0.2) is 0 Å². The maximum absolute atomic E-state index is 12.6. The number of hydrogen-bond acceptors (Lipinski definition) is 3. The largest absolute Gasteiger partial charge is 0.465 e. The molecule has 1 atom stereocenters. The van der Waals surface area contributed by atoms with E-state index in [4.69, 9.17) is 9.16 Å². The van der Waals surface area contributed by atoms with Crippen LogP contribution in [0.1, 0.15) is 48.5 Å². The lowest BCUT2D eigenvalue weighted by Gasteiger charge is -2.42. The highest BCUT2D eigenvalue weighted by atomic mass is 28.4. The molecule has 0 bridgehead atoms. The van der Waals surface area contributed by atoms with E-state index < -0.39 is 13.7 Å². The van der Waals surface area contributed by atoms with Crippen molar-refractivity contribution in [1.29, 1.82) is 0 Å². The molecule has 0 heterocycles. The third kappa shape index (κ3) is 5.36. The molecule has 0 saturated carbocycles. The number of esters is 1. The van der Waals surface area contributed by atoms with Crippen molar-refractivity contribution in [2.75, 3.05) is 13.2 Å². The smallest absolute Gasteiger partial charge is 0.315 e. The van der Waals surface area contributed by atoms with Crippen molar-refractivity contribution in [3.63, 3.8) is 0 Å². The summed E-state index contributed by atoms with van der Waals surface area (Å²) >= 11 is 0. The third-order valence-corrected chi connectivity index (χ3v) is 11.2. The van der Waals surface area contributed by atoms with E-state index in [1.54, 1.807) is 0 Å². The molecule has 0 unspecified atom stereocenters. The number of benzene rings is 2. The van der Waals surface area contributed by atoms with Crippen LogP contribution in [0.4, 0.5) is 0 Å². The van der Waals surface area contributed by atoms with Gasteiger partial charge in [0.25, 0.3) is 8.32 Å². The summed E-state index contributed by atoms with van der Waals surface area (Å²) in [6.45, 7) is 15.5. The molecular formula is C27H38O3Si. The zero-order valence-corrected chi connectivity index (χ0v) is 21.1. The van der Waals surface area contributed by atoms with Crippen LogP contribution in [0, 0.1) is 11.3 Å². The fraction of sp³-hybridized carbons (Fsp3) is 0.444. The molecular weight excluding hydrogens is 400 g/mol. The molecule has 0 radical (unpaired) electrons. The van der Waals surface area contributed by atoms with E-state index in [0.717, 1.165) is 0 Å². The molecule has 0 amide bonds. The number of rotatable bonds is 9. The average molecular weight is 439 g/mol. The van der Waals surface area contributed by atoms with Crippen LogP contribution in [0.5, 0.6) is 0 Å². The summed E-state index contributed by atoms with van der Waals surface area (Å²) in [5.74, 6) is -0.0673. The van der Waals surface area contributed by atoms with Crippen LogP contribution in [-0.4, -0.2) is 27.5 Å². The van der Waals surface area contributed by atoms with Crippen LogP contribution in [0.2, 0.25) is 5.04 Å². The number of hydrogen-bond donors (Lipinski definition) is 0. The second-order valence-corrected chi connectivity index (χ2v) is 13.8. The summed E-state index contributed by atoms with van der Waals surface area (Å²) in [7, 11) is -2.58. The molecule has 31 heavy (non-hydrogen) atoms. The van der Waals surface area contributed by atoms with Gasteiger partial charge in [-0.1, -0.05) is 107 Å². The lowest BCUT2D eigenvalue weighted by molar-refractivity contribution is -0.153. The minimum Gasteiger partial charge on any atom is -0.465 e. The Kier molecular flexibility index (Phi) is 8.44. The van der Waals surface area contributed by atoms with Gasteiger partial charge < -0.3 is 9.16 Å². The summed E-state index contributed by atoms with van der Waals surface area (Å²) in [5.41, 5.74) is -0.676. The van der Waals surface area contributed by atoms with Crippen LogP contribution >= 0.6 is 0 Å². The minimum atomic E-state index is -2.58. The Labute approximate surface area is 189 Å². The van der Waals surface area contributed by atoms with E-state index in [9.17, 15) is 4.79 Å². The van der Waals surface area contributed by atoms with Crippen molar-refractivity contribution in [3.05, 3.63) is 72.8 Å². The molecule has 0 fully saturated rings. The quantitative estimate of drug-likeness (QED) is 0.301. The Morgan fingerprint density at radius 2 is 1.42 bits per heavy atom. The Bertz CT molecular complexity index is 814. The fourth-order valence-corrected chi connectivity index (χ4v) is 8.51. The second-order valence-electron chi connectivity index (χ2n) is 9.53. The molecule has 0 N–H and O–H groups in total. The summed E-state index contributed by atoms with van der Waals surface area (Å²) < 4.78 is 12.2. The van der Waals surface area contributed by atoms with Crippen molar-refractivity contribution in [2.24, 2.45) is 11.3 Å². The van der Waals surface area contributed by atoms with Gasteiger partial charge in [0, 0.05) is 0 Å². The molecule has 2 aromatic rings. The Morgan fingerprint density at radius 3 is 1.81 bits per heavy atom. The van der Waals surface area contributed by atoms with Gasteiger partial charge in [0.1, 0.15) is 0 Å². The zero-order chi connectivity index (χ0) is 23.1. The normalized spacial score (nSPS) is 14.6. The lowest BCUT2D eigenvalue weighted by Crippen LogP contribution is -2.66. The first-order valence-corrected chi connectivity index (χ1v) is 13.1. The molecule has 0 aliphatic carbocycles. The van der Waals surface area contributed by atoms with E-state index in [0.29, 0.717) is 13.2 Å². The molecule has 0 aliphatic heterocycles. The van der Waals surface area contributed by atoms with E-state index in [2.05, 4.69) is 69.3 Å². The van der Waals surface area contributed by atoms with Gasteiger partial charge in [-0.05, 0) is 35.2 Å². The lowest BCUT2D eigenvalue weighted by atomic mass is 9.79. The molecule has 168 valence electrons. The van der Waals surface area contributed by atoms with Crippen LogP contribution in [-0.2, 0) is 14.0 Å². The monoisotopic (exact) mass is 438 g/mol. The van der Waals surface area contributed by atoms with Gasteiger partial charge in [-0.25, -0.2) is 0 Å². The predicted molar refractivity (Wildman–Crippen MR) is 132 cm³/mol. The highest BCUT2D eigenvalue weighted by Gasteiger charge is 2.50. The topological polar surface area (TPSA) is 35.5 Å². The summed E-state index contributed by atoms with van der Waals surface area (Å²) in [4.78, 5) is 12.6. The SMILES string of the molecule is CCOC(=O)[C@@](C)(/C=C/CO[Si](c1ccccc1)(c1ccccc1)C(C)(C)C)C(C)C. The minimum absolute atomic E-state index is 0.0773. The standard InChI is InChI=1S/C27H38O3Si/c1-8-29-25(28)27(7,22(2)3)20-15-21-30-31(26(4,5)6,23-16-11-9-12-17-23)24-18-13-10-14-19-24/h9-20,22H,8,21H2,1-7H3/b20-15+/t27-/m0/s1. The van der Waals surface area contributed by atoms with Crippen LogP contribution in [0.15, 0.2) is 72.8 Å². The Hall–Kier alpha value is -2.17. The van der Waals surface area contributed by atoms with Crippen molar-refractivity contribution in [2.45, 2.75) is 53.5 Å². The number of carbonyl (C=O) groups is 1. The molecule has 2 rings (SSSR count). The van der Waals surface area contributed by atoms with Crippen molar-refractivity contribution < 1.29 is 14.0 Å². The molecule has 0 spiro atoms. The fourth-order valence-electron chi connectivity index (χ4n) is 4.01. The van der Waals surface area contributed by atoms with Gasteiger partial charge >= 0.3 is 5.97 Å². The van der Waals surface area contributed by atoms with Gasteiger partial charge in [-0.15, -0.1) is 0 Å². The predicted octanol–water partition coefficient (Wildman–Crippen LogP) is 5.34. The van der Waals surface area contributed by atoms with Gasteiger partial charge in [0.2, 0.25) is 0 Å². The van der Waals surface area contributed by atoms with Crippen molar-refractivity contribution in [1.82, 2.24) is 0 Å². The van der Waals surface area contributed by atoms with E-state index in [1.165, 1.54) is 10.4 Å². The average Bonchev–Trinajstić information content (AvgIpc) is 2.74. The van der Waals surface area contributed by atoms with Gasteiger partial charge in [-0.3, -0.25) is 4.79 Å². The maximum Gasteiger partial charge on any atom is 0.315 e. The van der Waals surface area contributed by atoms with Crippen molar-refractivity contribution in [3.8, 4) is 0 Å². The van der Waals surface area contributed by atoms with Crippen LogP contribution in [0.3, 0.4) is 0 Å². The van der Waals surface area contributed by atoms with Crippen molar-refractivity contribution >= 4 is 24.7 Å². The number of ether oxygens (including phenoxy) is 1. The summed E-state index contributed by atoms with van der Waals surface area (Å²) in [6, 6.07) is 21.2.